The molecule has 140 valence electrons. The van der Waals surface area contributed by atoms with E-state index < -0.39 is 0 Å². The van der Waals surface area contributed by atoms with E-state index in [0.29, 0.717) is 11.6 Å². The van der Waals surface area contributed by atoms with Gasteiger partial charge in [0.05, 0.1) is 5.56 Å². The fraction of sp³-hybridized carbons (Fsp3) is 0.632. The summed E-state index contributed by atoms with van der Waals surface area (Å²) in [6.07, 6.45) is 6.99. The summed E-state index contributed by atoms with van der Waals surface area (Å²) in [5, 5.41) is 2.88. The summed E-state index contributed by atoms with van der Waals surface area (Å²) in [5.41, 5.74) is 0.715. The molecule has 4 rings (SSSR count). The van der Waals surface area contributed by atoms with Crippen molar-refractivity contribution < 1.29 is 9.59 Å². The summed E-state index contributed by atoms with van der Waals surface area (Å²) in [4.78, 5) is 35.5. The fourth-order valence-electron chi connectivity index (χ4n) is 4.31. The zero-order valence-electron chi connectivity index (χ0n) is 15.2. The Morgan fingerprint density at radius 1 is 1.08 bits per heavy atom. The second-order valence-electron chi connectivity index (χ2n) is 7.37. The Labute approximate surface area is 154 Å². The van der Waals surface area contributed by atoms with E-state index in [1.165, 1.54) is 6.42 Å². The molecule has 3 aliphatic heterocycles. The quantitative estimate of drug-likeness (QED) is 0.894. The molecular formula is C19H27N5O2. The van der Waals surface area contributed by atoms with Crippen LogP contribution in [-0.2, 0) is 0 Å². The van der Waals surface area contributed by atoms with Crippen LogP contribution in [0.1, 0.15) is 42.5 Å². The molecule has 0 spiro atoms. The first-order chi connectivity index (χ1) is 12.7. The van der Waals surface area contributed by atoms with Crippen LogP contribution in [0.4, 0.5) is 10.6 Å². The van der Waals surface area contributed by atoms with E-state index in [2.05, 4.69) is 15.2 Å². The molecule has 4 heterocycles. The first-order valence-corrected chi connectivity index (χ1v) is 9.78. The van der Waals surface area contributed by atoms with Crippen molar-refractivity contribution in [3.63, 3.8) is 0 Å². The number of piperidine rings is 2. The molecular weight excluding hydrogens is 330 g/mol. The van der Waals surface area contributed by atoms with Crippen molar-refractivity contribution in [2.24, 2.45) is 0 Å². The molecule has 3 aliphatic rings. The monoisotopic (exact) mass is 357 g/mol. The minimum absolute atomic E-state index is 0.0576. The molecule has 1 N–H and O–H groups in total. The van der Waals surface area contributed by atoms with E-state index in [-0.39, 0.29) is 11.9 Å². The largest absolute Gasteiger partial charge is 0.356 e. The van der Waals surface area contributed by atoms with Crippen LogP contribution in [-0.4, -0.2) is 72.0 Å². The number of carbonyl (C=O) groups excluding carboxylic acids is 2. The summed E-state index contributed by atoms with van der Waals surface area (Å²) in [6.45, 7) is 4.88. The number of aromatic nitrogens is 1. The molecule has 0 aromatic carbocycles. The molecule has 0 unspecified atom stereocenters. The fourth-order valence-corrected chi connectivity index (χ4v) is 4.31. The Balaban J connectivity index is 1.45. The van der Waals surface area contributed by atoms with Crippen molar-refractivity contribution in [3.8, 4) is 0 Å². The molecule has 1 aromatic rings. The molecule has 3 saturated heterocycles. The molecule has 0 atom stereocenters. The molecule has 0 aliphatic carbocycles. The van der Waals surface area contributed by atoms with Crippen LogP contribution in [0.15, 0.2) is 18.3 Å². The van der Waals surface area contributed by atoms with Crippen molar-refractivity contribution in [1.29, 1.82) is 0 Å². The Bertz CT molecular complexity index is 666. The van der Waals surface area contributed by atoms with E-state index in [1.807, 2.05) is 21.9 Å². The lowest BCUT2D eigenvalue weighted by atomic mass is 10.0. The summed E-state index contributed by atoms with van der Waals surface area (Å²) in [7, 11) is 0. The summed E-state index contributed by atoms with van der Waals surface area (Å²) < 4.78 is 0. The van der Waals surface area contributed by atoms with E-state index in [9.17, 15) is 9.59 Å². The highest BCUT2D eigenvalue weighted by Crippen LogP contribution is 2.26. The SMILES string of the molecule is O=C(c1cccnc1N1CCC(N2CCNC2=O)CC1)N1CCCCC1. The Hall–Kier alpha value is -2.31. The van der Waals surface area contributed by atoms with Gasteiger partial charge in [0.25, 0.3) is 5.91 Å². The summed E-state index contributed by atoms with van der Waals surface area (Å²) in [5.74, 6) is 0.904. The van der Waals surface area contributed by atoms with Gasteiger partial charge in [-0.1, -0.05) is 0 Å². The molecule has 26 heavy (non-hydrogen) atoms. The maximum Gasteiger partial charge on any atom is 0.317 e. The highest BCUT2D eigenvalue weighted by Gasteiger charge is 2.32. The zero-order valence-corrected chi connectivity index (χ0v) is 15.2. The van der Waals surface area contributed by atoms with Crippen LogP contribution in [0.5, 0.6) is 0 Å². The average Bonchev–Trinajstić information content (AvgIpc) is 3.14. The molecule has 1 aromatic heterocycles. The zero-order chi connectivity index (χ0) is 17.9. The number of carbonyl (C=O) groups is 2. The van der Waals surface area contributed by atoms with Gasteiger partial charge in [0.15, 0.2) is 0 Å². The van der Waals surface area contributed by atoms with Gasteiger partial charge in [0.2, 0.25) is 0 Å². The third-order valence-electron chi connectivity index (χ3n) is 5.75. The van der Waals surface area contributed by atoms with Crippen molar-refractivity contribution >= 4 is 17.8 Å². The third-order valence-corrected chi connectivity index (χ3v) is 5.75. The highest BCUT2D eigenvalue weighted by molar-refractivity contribution is 5.99. The number of amides is 3. The van der Waals surface area contributed by atoms with Crippen LogP contribution >= 0.6 is 0 Å². The first-order valence-electron chi connectivity index (χ1n) is 9.78. The maximum absolute atomic E-state index is 13.0. The van der Waals surface area contributed by atoms with E-state index in [0.717, 1.165) is 70.8 Å². The summed E-state index contributed by atoms with van der Waals surface area (Å²) in [6, 6.07) is 4.10. The van der Waals surface area contributed by atoms with Crippen LogP contribution in [0.25, 0.3) is 0 Å². The van der Waals surface area contributed by atoms with Gasteiger partial charge >= 0.3 is 6.03 Å². The molecule has 7 heteroatoms. The molecule has 3 amide bonds. The first kappa shape index (κ1) is 17.1. The van der Waals surface area contributed by atoms with Crippen LogP contribution in [0.2, 0.25) is 0 Å². The smallest absolute Gasteiger partial charge is 0.317 e. The number of anilines is 1. The predicted octanol–water partition coefficient (Wildman–Crippen LogP) is 1.70. The third kappa shape index (κ3) is 3.34. The number of rotatable bonds is 3. The van der Waals surface area contributed by atoms with Gasteiger partial charge in [0.1, 0.15) is 5.82 Å². The number of nitrogens with zero attached hydrogens (tertiary/aromatic N) is 4. The van der Waals surface area contributed by atoms with E-state index in [1.54, 1.807) is 6.20 Å². The van der Waals surface area contributed by atoms with E-state index in [4.69, 9.17) is 0 Å². The second-order valence-corrected chi connectivity index (χ2v) is 7.37. The van der Waals surface area contributed by atoms with Gasteiger partial charge in [-0.2, -0.15) is 0 Å². The lowest BCUT2D eigenvalue weighted by Crippen LogP contribution is -2.47. The van der Waals surface area contributed by atoms with Crippen LogP contribution in [0, 0.1) is 0 Å². The molecule has 7 nitrogen and oxygen atoms in total. The number of nitrogens with one attached hydrogen (secondary N) is 1. The number of likely N-dealkylation sites (tertiary alicyclic amines) is 1. The van der Waals surface area contributed by atoms with Gasteiger partial charge in [-0.15, -0.1) is 0 Å². The van der Waals surface area contributed by atoms with Crippen molar-refractivity contribution in [2.45, 2.75) is 38.1 Å². The number of hydrogen-bond donors (Lipinski definition) is 1. The summed E-state index contributed by atoms with van der Waals surface area (Å²) >= 11 is 0. The van der Waals surface area contributed by atoms with Crippen molar-refractivity contribution in [3.05, 3.63) is 23.9 Å². The van der Waals surface area contributed by atoms with Gasteiger partial charge in [-0.3, -0.25) is 4.79 Å². The molecule has 3 fully saturated rings. The molecule has 0 saturated carbocycles. The maximum atomic E-state index is 13.0. The molecule has 0 bridgehead atoms. The second kappa shape index (κ2) is 7.51. The standard InChI is InChI=1S/C19H27N5O2/c25-18(23-10-2-1-3-11-23)16-5-4-8-20-17(16)22-12-6-15(7-13-22)24-14-9-21-19(24)26/h4-5,8,15H,1-3,6-7,9-14H2,(H,21,26). The predicted molar refractivity (Wildman–Crippen MR) is 99.3 cm³/mol. The van der Waals surface area contributed by atoms with Crippen LogP contribution in [0.3, 0.4) is 0 Å². The number of pyridine rings is 1. The average molecular weight is 357 g/mol. The minimum atomic E-state index is 0.0576. The minimum Gasteiger partial charge on any atom is -0.356 e. The number of urea groups is 1. The van der Waals surface area contributed by atoms with Gasteiger partial charge < -0.3 is 20.0 Å². The van der Waals surface area contributed by atoms with Gasteiger partial charge in [-0.05, 0) is 44.2 Å². The van der Waals surface area contributed by atoms with Crippen molar-refractivity contribution in [1.82, 2.24) is 20.1 Å². The topological polar surface area (TPSA) is 68.8 Å². The Morgan fingerprint density at radius 2 is 1.85 bits per heavy atom. The normalized spacial score (nSPS) is 21.8. The Morgan fingerprint density at radius 3 is 2.54 bits per heavy atom. The van der Waals surface area contributed by atoms with E-state index >= 15 is 0 Å². The van der Waals surface area contributed by atoms with Gasteiger partial charge in [-0.25, -0.2) is 9.78 Å². The lowest BCUT2D eigenvalue weighted by molar-refractivity contribution is 0.0724. The van der Waals surface area contributed by atoms with Crippen molar-refractivity contribution in [2.75, 3.05) is 44.2 Å². The van der Waals surface area contributed by atoms with Gasteiger partial charge in [0, 0.05) is 51.5 Å². The number of hydrogen-bond acceptors (Lipinski definition) is 4. The van der Waals surface area contributed by atoms with Crippen LogP contribution < -0.4 is 10.2 Å². The lowest BCUT2D eigenvalue weighted by Gasteiger charge is -2.37. The Kier molecular flexibility index (Phi) is 4.95. The highest BCUT2D eigenvalue weighted by atomic mass is 16.2. The molecule has 0 radical (unpaired) electrons.